The lowest BCUT2D eigenvalue weighted by Gasteiger charge is -2.19. The lowest BCUT2D eigenvalue weighted by Crippen LogP contribution is -2.12. The zero-order valence-electron chi connectivity index (χ0n) is 13.3. The van der Waals surface area contributed by atoms with E-state index in [-0.39, 0.29) is 5.92 Å². The summed E-state index contributed by atoms with van der Waals surface area (Å²) < 4.78 is 0. The van der Waals surface area contributed by atoms with Crippen LogP contribution in [0.2, 0.25) is 0 Å². The van der Waals surface area contributed by atoms with Crippen LogP contribution < -0.4 is 16.0 Å². The number of benzene rings is 1. The molecular formula is C16H23N5. The van der Waals surface area contributed by atoms with Gasteiger partial charge in [-0.15, -0.1) is 0 Å². The Morgan fingerprint density at radius 3 is 2.43 bits per heavy atom. The highest BCUT2D eigenvalue weighted by Crippen LogP contribution is 2.29. The highest BCUT2D eigenvalue weighted by molar-refractivity contribution is 5.75. The van der Waals surface area contributed by atoms with Crippen molar-refractivity contribution in [2.45, 2.75) is 26.7 Å². The van der Waals surface area contributed by atoms with Gasteiger partial charge >= 0.3 is 0 Å². The van der Waals surface area contributed by atoms with Crippen molar-refractivity contribution in [1.82, 2.24) is 9.97 Å². The molecule has 0 spiro atoms. The number of nitrogens with one attached hydrogen (secondary N) is 1. The van der Waals surface area contributed by atoms with E-state index in [0.717, 1.165) is 28.6 Å². The first-order valence-electron chi connectivity index (χ1n) is 7.07. The van der Waals surface area contributed by atoms with E-state index in [9.17, 15) is 0 Å². The van der Waals surface area contributed by atoms with E-state index in [4.69, 9.17) is 5.73 Å². The molecule has 1 aromatic carbocycles. The van der Waals surface area contributed by atoms with Crippen LogP contribution in [-0.4, -0.2) is 24.1 Å². The maximum Gasteiger partial charge on any atom is 0.139 e. The second-order valence-corrected chi connectivity index (χ2v) is 5.63. The molecule has 5 nitrogen and oxygen atoms in total. The molecule has 0 radical (unpaired) electrons. The normalized spacial score (nSPS) is 10.8. The van der Waals surface area contributed by atoms with Crippen LogP contribution in [0.4, 0.5) is 23.0 Å². The molecule has 2 rings (SSSR count). The van der Waals surface area contributed by atoms with Gasteiger partial charge in [-0.3, -0.25) is 0 Å². The molecule has 0 unspecified atom stereocenters. The summed E-state index contributed by atoms with van der Waals surface area (Å²) in [5, 5.41) is 3.39. The van der Waals surface area contributed by atoms with Crippen LogP contribution in [0.25, 0.3) is 0 Å². The average molecular weight is 285 g/mol. The largest absolute Gasteiger partial charge is 0.383 e. The van der Waals surface area contributed by atoms with Crippen molar-refractivity contribution in [3.05, 3.63) is 35.7 Å². The average Bonchev–Trinajstić information content (AvgIpc) is 2.43. The predicted molar refractivity (Wildman–Crippen MR) is 89.3 cm³/mol. The maximum atomic E-state index is 6.01. The Labute approximate surface area is 126 Å². The lowest BCUT2D eigenvalue weighted by molar-refractivity contribution is 0.776. The van der Waals surface area contributed by atoms with Crippen LogP contribution in [0.3, 0.4) is 0 Å². The number of hydrogen-bond donors (Lipinski definition) is 2. The van der Waals surface area contributed by atoms with Gasteiger partial charge in [0.2, 0.25) is 0 Å². The van der Waals surface area contributed by atoms with Gasteiger partial charge in [-0.1, -0.05) is 26.0 Å². The number of rotatable bonds is 4. The Bertz CT molecular complexity index is 635. The summed E-state index contributed by atoms with van der Waals surface area (Å²) in [5.41, 5.74) is 8.97. The SMILES string of the molecule is Cc1c(N)nc(C(C)C)nc1Nc1ccccc1N(C)C. The van der Waals surface area contributed by atoms with Gasteiger partial charge in [-0.25, -0.2) is 9.97 Å². The monoisotopic (exact) mass is 285 g/mol. The predicted octanol–water partition coefficient (Wildman–Crippen LogP) is 3.30. The smallest absolute Gasteiger partial charge is 0.139 e. The molecule has 2 aromatic rings. The molecule has 1 aromatic heterocycles. The van der Waals surface area contributed by atoms with Gasteiger partial charge in [0.25, 0.3) is 0 Å². The Morgan fingerprint density at radius 1 is 1.14 bits per heavy atom. The number of nitrogens with zero attached hydrogens (tertiary/aromatic N) is 3. The Balaban J connectivity index is 2.44. The van der Waals surface area contributed by atoms with Gasteiger partial charge in [-0.05, 0) is 19.1 Å². The third kappa shape index (κ3) is 3.24. The number of anilines is 4. The van der Waals surface area contributed by atoms with E-state index in [2.05, 4.69) is 40.1 Å². The maximum absolute atomic E-state index is 6.01. The quantitative estimate of drug-likeness (QED) is 0.902. The fourth-order valence-electron chi connectivity index (χ4n) is 2.03. The molecule has 21 heavy (non-hydrogen) atoms. The number of aromatic nitrogens is 2. The summed E-state index contributed by atoms with van der Waals surface area (Å²) in [4.78, 5) is 11.0. The lowest BCUT2D eigenvalue weighted by atomic mass is 10.2. The second kappa shape index (κ2) is 5.99. The third-order valence-corrected chi connectivity index (χ3v) is 3.36. The molecule has 0 bridgehead atoms. The molecule has 0 aliphatic heterocycles. The van der Waals surface area contributed by atoms with E-state index < -0.39 is 0 Å². The fraction of sp³-hybridized carbons (Fsp3) is 0.375. The molecule has 0 aliphatic carbocycles. The number of nitrogen functional groups attached to an aromatic ring is 1. The molecule has 112 valence electrons. The second-order valence-electron chi connectivity index (χ2n) is 5.63. The van der Waals surface area contributed by atoms with Crippen molar-refractivity contribution in [1.29, 1.82) is 0 Å². The van der Waals surface area contributed by atoms with Crippen LogP contribution >= 0.6 is 0 Å². The summed E-state index contributed by atoms with van der Waals surface area (Å²) in [6.07, 6.45) is 0. The molecule has 0 amide bonds. The van der Waals surface area contributed by atoms with Crippen molar-refractivity contribution in [2.75, 3.05) is 30.0 Å². The molecule has 0 saturated carbocycles. The first kappa shape index (κ1) is 15.1. The van der Waals surface area contributed by atoms with Crippen LogP contribution in [-0.2, 0) is 0 Å². The van der Waals surface area contributed by atoms with E-state index in [0.29, 0.717) is 5.82 Å². The molecule has 0 fully saturated rings. The summed E-state index contributed by atoms with van der Waals surface area (Å²) in [7, 11) is 4.03. The third-order valence-electron chi connectivity index (χ3n) is 3.36. The zero-order chi connectivity index (χ0) is 15.6. The molecule has 0 saturated heterocycles. The van der Waals surface area contributed by atoms with E-state index >= 15 is 0 Å². The van der Waals surface area contributed by atoms with Gasteiger partial charge in [0.05, 0.1) is 11.4 Å². The van der Waals surface area contributed by atoms with Gasteiger partial charge in [0.1, 0.15) is 17.5 Å². The van der Waals surface area contributed by atoms with E-state index in [1.807, 2.05) is 39.2 Å². The van der Waals surface area contributed by atoms with Crippen molar-refractivity contribution < 1.29 is 0 Å². The van der Waals surface area contributed by atoms with Crippen molar-refractivity contribution >= 4 is 23.0 Å². The summed E-state index contributed by atoms with van der Waals surface area (Å²) in [5.74, 6) is 2.28. The molecule has 1 heterocycles. The van der Waals surface area contributed by atoms with E-state index in [1.165, 1.54) is 0 Å². The molecule has 0 aliphatic rings. The van der Waals surface area contributed by atoms with Crippen molar-refractivity contribution in [2.24, 2.45) is 0 Å². The Kier molecular flexibility index (Phi) is 4.31. The summed E-state index contributed by atoms with van der Waals surface area (Å²) in [6, 6.07) is 8.10. The zero-order valence-corrected chi connectivity index (χ0v) is 13.3. The van der Waals surface area contributed by atoms with Crippen LogP contribution in [0.1, 0.15) is 31.2 Å². The standard InChI is InChI=1S/C16H23N5/c1-10(2)15-19-14(17)11(3)16(20-15)18-12-8-6-7-9-13(12)21(4)5/h6-10H,1-5H3,(H3,17,18,19,20). The fourth-order valence-corrected chi connectivity index (χ4v) is 2.03. The minimum Gasteiger partial charge on any atom is -0.383 e. The van der Waals surface area contributed by atoms with Crippen LogP contribution in [0.15, 0.2) is 24.3 Å². The van der Waals surface area contributed by atoms with Gasteiger partial charge in [0.15, 0.2) is 0 Å². The highest BCUT2D eigenvalue weighted by Gasteiger charge is 2.13. The van der Waals surface area contributed by atoms with Crippen molar-refractivity contribution in [3.8, 4) is 0 Å². The highest BCUT2D eigenvalue weighted by atomic mass is 15.1. The summed E-state index contributed by atoms with van der Waals surface area (Å²) in [6.45, 7) is 6.04. The van der Waals surface area contributed by atoms with Crippen molar-refractivity contribution in [3.63, 3.8) is 0 Å². The minimum absolute atomic E-state index is 0.234. The van der Waals surface area contributed by atoms with Gasteiger partial charge < -0.3 is 16.0 Å². The molecule has 0 atom stereocenters. The first-order chi connectivity index (χ1) is 9.90. The van der Waals surface area contributed by atoms with Gasteiger partial charge in [-0.2, -0.15) is 0 Å². The molecule has 3 N–H and O–H groups in total. The number of para-hydroxylation sites is 2. The van der Waals surface area contributed by atoms with Crippen LogP contribution in [0.5, 0.6) is 0 Å². The summed E-state index contributed by atoms with van der Waals surface area (Å²) >= 11 is 0. The van der Waals surface area contributed by atoms with Crippen LogP contribution in [0, 0.1) is 6.92 Å². The number of hydrogen-bond acceptors (Lipinski definition) is 5. The first-order valence-corrected chi connectivity index (χ1v) is 7.07. The number of nitrogens with two attached hydrogens (primary N) is 1. The minimum atomic E-state index is 0.234. The van der Waals surface area contributed by atoms with E-state index in [1.54, 1.807) is 0 Å². The molecule has 5 heteroatoms. The Hall–Kier alpha value is -2.30. The Morgan fingerprint density at radius 2 is 1.81 bits per heavy atom. The van der Waals surface area contributed by atoms with Gasteiger partial charge in [0, 0.05) is 25.6 Å². The topological polar surface area (TPSA) is 67.1 Å². The molecular weight excluding hydrogens is 262 g/mol.